The summed E-state index contributed by atoms with van der Waals surface area (Å²) in [5.74, 6) is -3.42. The molecule has 3 aliphatic rings. The number of aliphatic hydroxyl groups is 3. The van der Waals surface area contributed by atoms with E-state index in [1.807, 2.05) is 6.92 Å². The van der Waals surface area contributed by atoms with Gasteiger partial charge in [0.05, 0.1) is 29.8 Å². The standard InChI is InChI=1S/C41H65BrO10Si2/c1-12-53(13-2,14-3)51-29-24-41(48)36(50-37(46)28-21-19-18-20-22-28)34-39(11,35(45)33(49-27(8)44)32(26(29)7)38(41,9)10)31(23-30(42)40(34,47)25-43)52-54(15-4,16-5)17-6/h18-22,29-31,33-34,36,43,47-48H,12-17,23-25H2,1-11H3/t29-,30-,31-,33+,34-,36-,39+,40-,41+/m0/s1. The second kappa shape index (κ2) is 16.6. The van der Waals surface area contributed by atoms with Crippen molar-refractivity contribution in [3.63, 3.8) is 0 Å². The number of aliphatic hydroxyl groups excluding tert-OH is 1. The number of hydrogen-bond donors (Lipinski definition) is 3. The molecule has 0 unspecified atom stereocenters. The molecule has 0 aliphatic heterocycles. The third kappa shape index (κ3) is 7.31. The summed E-state index contributed by atoms with van der Waals surface area (Å²) >= 11 is 3.71. The van der Waals surface area contributed by atoms with E-state index in [2.05, 4.69) is 57.5 Å². The van der Waals surface area contributed by atoms with Gasteiger partial charge in [0, 0.05) is 29.5 Å². The predicted molar refractivity (Wildman–Crippen MR) is 217 cm³/mol. The van der Waals surface area contributed by atoms with Gasteiger partial charge < -0.3 is 33.6 Å². The first-order valence-corrected chi connectivity index (χ1v) is 25.9. The summed E-state index contributed by atoms with van der Waals surface area (Å²) in [6, 6.07) is 13.1. The van der Waals surface area contributed by atoms with Gasteiger partial charge in [-0.2, -0.15) is 0 Å². The highest BCUT2D eigenvalue weighted by molar-refractivity contribution is 9.09. The number of alkyl halides is 1. The van der Waals surface area contributed by atoms with Gasteiger partial charge in [0.15, 0.2) is 28.5 Å². The molecule has 3 aliphatic carbocycles. The third-order valence-electron chi connectivity index (χ3n) is 14.2. The minimum Gasteiger partial charge on any atom is -0.455 e. The van der Waals surface area contributed by atoms with Crippen LogP contribution in [0.2, 0.25) is 36.3 Å². The zero-order valence-corrected chi connectivity index (χ0v) is 37.9. The normalized spacial score (nSPS) is 34.1. The molecule has 10 nitrogen and oxygen atoms in total. The fourth-order valence-corrected chi connectivity index (χ4v) is 16.6. The van der Waals surface area contributed by atoms with Gasteiger partial charge in [0.2, 0.25) is 0 Å². The van der Waals surface area contributed by atoms with Gasteiger partial charge in [0.1, 0.15) is 17.3 Å². The highest BCUT2D eigenvalue weighted by Crippen LogP contribution is 2.63. The van der Waals surface area contributed by atoms with Crippen LogP contribution in [0.5, 0.6) is 0 Å². The topological polar surface area (TPSA) is 149 Å². The molecule has 0 aromatic heterocycles. The lowest BCUT2D eigenvalue weighted by molar-refractivity contribution is -0.259. The zero-order chi connectivity index (χ0) is 40.7. The molecule has 2 saturated carbocycles. The van der Waals surface area contributed by atoms with Crippen molar-refractivity contribution in [2.45, 2.75) is 166 Å². The summed E-state index contributed by atoms with van der Waals surface area (Å²) in [4.78, 5) is 42.5. The minimum atomic E-state index is -2.50. The fourth-order valence-electron chi connectivity index (χ4n) is 10.0. The van der Waals surface area contributed by atoms with E-state index in [9.17, 15) is 24.9 Å². The maximum atomic E-state index is 15.9. The molecule has 0 amide bonds. The molecule has 3 N–H and O–H groups in total. The molecular weight excluding hydrogens is 789 g/mol. The van der Waals surface area contributed by atoms with Crippen molar-refractivity contribution in [2.75, 3.05) is 6.61 Å². The third-order valence-corrected chi connectivity index (χ3v) is 24.7. The summed E-state index contributed by atoms with van der Waals surface area (Å²) in [5, 5.41) is 38.0. The van der Waals surface area contributed by atoms with Gasteiger partial charge in [0.25, 0.3) is 0 Å². The first-order chi connectivity index (χ1) is 25.2. The number of ether oxygens (including phenoxy) is 2. The molecule has 0 saturated heterocycles. The van der Waals surface area contributed by atoms with Crippen molar-refractivity contribution in [3.8, 4) is 0 Å². The summed E-state index contributed by atoms with van der Waals surface area (Å²) in [6.07, 6.45) is -4.58. The first-order valence-electron chi connectivity index (χ1n) is 20.0. The number of fused-ring (bicyclic) bond motifs is 3. The number of hydrogen-bond acceptors (Lipinski definition) is 10. The molecular formula is C41H65BrO10Si2. The van der Waals surface area contributed by atoms with E-state index in [1.165, 1.54) is 6.92 Å². The Kier molecular flexibility index (Phi) is 13.9. The Morgan fingerprint density at radius 2 is 1.39 bits per heavy atom. The largest absolute Gasteiger partial charge is 0.455 e. The first kappa shape index (κ1) is 45.0. The Morgan fingerprint density at radius 1 is 0.870 bits per heavy atom. The van der Waals surface area contributed by atoms with Crippen LogP contribution >= 0.6 is 15.9 Å². The van der Waals surface area contributed by atoms with Crippen molar-refractivity contribution in [1.82, 2.24) is 0 Å². The molecule has 1 aromatic carbocycles. The second-order valence-corrected chi connectivity index (χ2v) is 27.3. The van der Waals surface area contributed by atoms with E-state index >= 15 is 4.79 Å². The maximum absolute atomic E-state index is 15.9. The lowest BCUT2D eigenvalue weighted by Gasteiger charge is -2.65. The number of carbonyl (C=O) groups excluding carboxylic acids is 3. The summed E-state index contributed by atoms with van der Waals surface area (Å²) in [6.45, 7) is 20.1. The maximum Gasteiger partial charge on any atom is 0.338 e. The molecule has 304 valence electrons. The van der Waals surface area contributed by atoms with E-state index in [1.54, 1.807) is 51.1 Å². The van der Waals surface area contributed by atoms with E-state index in [-0.39, 0.29) is 18.4 Å². The van der Waals surface area contributed by atoms with Crippen molar-refractivity contribution in [3.05, 3.63) is 47.0 Å². The summed E-state index contributed by atoms with van der Waals surface area (Å²) in [5.41, 5.74) is -5.97. The molecule has 0 heterocycles. The Morgan fingerprint density at radius 3 is 1.87 bits per heavy atom. The van der Waals surface area contributed by atoms with Gasteiger partial charge in [-0.3, -0.25) is 9.59 Å². The Balaban J connectivity index is 2.19. The van der Waals surface area contributed by atoms with Gasteiger partial charge in [-0.15, -0.1) is 0 Å². The van der Waals surface area contributed by atoms with Gasteiger partial charge >= 0.3 is 11.9 Å². The van der Waals surface area contributed by atoms with Crippen LogP contribution in [0, 0.1) is 16.7 Å². The number of esters is 2. The number of Topliss-reactive ketones (excluding diaryl/α,β-unsaturated/α-hetero) is 1. The highest BCUT2D eigenvalue weighted by Gasteiger charge is 2.75. The van der Waals surface area contributed by atoms with Crippen LogP contribution in [-0.2, 0) is 27.9 Å². The Labute approximate surface area is 333 Å². The van der Waals surface area contributed by atoms with Crippen LogP contribution in [0.25, 0.3) is 0 Å². The molecule has 4 rings (SSSR count). The van der Waals surface area contributed by atoms with Crippen molar-refractivity contribution in [1.29, 1.82) is 0 Å². The van der Waals surface area contributed by atoms with E-state index in [4.69, 9.17) is 18.3 Å². The van der Waals surface area contributed by atoms with Gasteiger partial charge in [-0.05, 0) is 79.8 Å². The number of rotatable bonds is 14. The molecule has 2 bridgehead atoms. The second-order valence-electron chi connectivity index (χ2n) is 16.7. The van der Waals surface area contributed by atoms with E-state index in [0.717, 1.165) is 36.3 Å². The fraction of sp³-hybridized carbons (Fsp3) is 0.732. The smallest absolute Gasteiger partial charge is 0.338 e. The lowest BCUT2D eigenvalue weighted by Crippen LogP contribution is -2.78. The Bertz CT molecular complexity index is 1550. The van der Waals surface area contributed by atoms with Crippen molar-refractivity contribution < 1.29 is 48.0 Å². The summed E-state index contributed by atoms with van der Waals surface area (Å²) < 4.78 is 27.1. The lowest BCUT2D eigenvalue weighted by atomic mass is 9.46. The van der Waals surface area contributed by atoms with Gasteiger partial charge in [-0.25, -0.2) is 4.79 Å². The average molecular weight is 854 g/mol. The van der Waals surface area contributed by atoms with Crippen molar-refractivity contribution in [2.24, 2.45) is 16.7 Å². The SMILES string of the molecule is CC[Si](CC)(CC)O[C@H]1C[C@@]2(O)[C@@H](OC(=O)c3ccccc3)[C@@H]3[C@](O)(CO)[C@@H](Br)C[C@H](O[Si](CC)(CC)CC)[C@@]3(C)C(=O)[C@H](OC(C)=O)C(=C1C)C2(C)C. The van der Waals surface area contributed by atoms with Crippen LogP contribution in [0.3, 0.4) is 0 Å². The minimum absolute atomic E-state index is 0.0397. The predicted octanol–water partition coefficient (Wildman–Crippen LogP) is 7.50. The number of ketones is 1. The molecule has 1 aromatic rings. The van der Waals surface area contributed by atoms with Crippen LogP contribution in [0.4, 0.5) is 0 Å². The molecule has 0 radical (unpaired) electrons. The highest BCUT2D eigenvalue weighted by atomic mass is 79.9. The molecule has 2 fully saturated rings. The quantitative estimate of drug-likeness (QED) is 0.0744. The van der Waals surface area contributed by atoms with Crippen LogP contribution < -0.4 is 0 Å². The van der Waals surface area contributed by atoms with E-state index in [0.29, 0.717) is 11.1 Å². The van der Waals surface area contributed by atoms with Crippen LogP contribution in [-0.4, -0.2) is 96.7 Å². The van der Waals surface area contributed by atoms with E-state index < -0.39 is 98.2 Å². The zero-order valence-electron chi connectivity index (χ0n) is 34.3. The van der Waals surface area contributed by atoms with Crippen LogP contribution in [0.1, 0.15) is 99.4 Å². The number of benzene rings is 1. The van der Waals surface area contributed by atoms with Crippen molar-refractivity contribution >= 4 is 50.3 Å². The number of halogens is 1. The molecule has 0 spiro atoms. The monoisotopic (exact) mass is 852 g/mol. The van der Waals surface area contributed by atoms with Crippen LogP contribution in [0.15, 0.2) is 41.5 Å². The molecule has 13 heteroatoms. The molecule has 54 heavy (non-hydrogen) atoms. The number of carbonyl (C=O) groups is 3. The Hall–Kier alpha value is -1.72. The summed E-state index contributed by atoms with van der Waals surface area (Å²) in [7, 11) is -4.88. The van der Waals surface area contributed by atoms with Gasteiger partial charge in [-0.1, -0.05) is 89.5 Å². The average Bonchev–Trinajstić information content (AvgIpc) is 3.15. The molecule has 9 atom stereocenters.